The fraction of sp³-hybridized carbons (Fsp3) is 0. The van der Waals surface area contributed by atoms with E-state index in [9.17, 15) is 0 Å². The minimum absolute atomic E-state index is 0.677. The molecule has 0 radical (unpaired) electrons. The van der Waals surface area contributed by atoms with Crippen molar-refractivity contribution < 1.29 is 8.83 Å². The van der Waals surface area contributed by atoms with Gasteiger partial charge in [-0.15, -0.1) is 0 Å². The summed E-state index contributed by atoms with van der Waals surface area (Å²) in [5, 5.41) is 4.37. The number of fused-ring (bicyclic) bond motifs is 6. The molecule has 290 valence electrons. The first-order valence-corrected chi connectivity index (χ1v) is 20.9. The molecule has 12 aromatic rings. The molecule has 0 bridgehead atoms. The molecule has 0 fully saturated rings. The van der Waals surface area contributed by atoms with Crippen molar-refractivity contribution in [1.82, 2.24) is 9.97 Å². The van der Waals surface area contributed by atoms with Crippen LogP contribution < -0.4 is 0 Å². The van der Waals surface area contributed by atoms with Gasteiger partial charge < -0.3 is 8.83 Å². The second kappa shape index (κ2) is 14.7. The van der Waals surface area contributed by atoms with E-state index >= 15 is 0 Å². The molecule has 0 spiro atoms. The number of furan rings is 2. The number of rotatable bonds is 7. The zero-order chi connectivity index (χ0) is 41.0. The molecule has 0 N–H and O–H groups in total. The lowest BCUT2D eigenvalue weighted by atomic mass is 9.92. The summed E-state index contributed by atoms with van der Waals surface area (Å²) in [5.74, 6) is 0.677. The molecule has 62 heavy (non-hydrogen) atoms. The summed E-state index contributed by atoms with van der Waals surface area (Å²) in [5.41, 5.74) is 17.2. The number of aromatic nitrogens is 2. The van der Waals surface area contributed by atoms with Crippen LogP contribution in [-0.4, -0.2) is 9.97 Å². The van der Waals surface area contributed by atoms with Gasteiger partial charge in [-0.1, -0.05) is 188 Å². The van der Waals surface area contributed by atoms with Crippen LogP contribution in [0.4, 0.5) is 0 Å². The lowest BCUT2D eigenvalue weighted by molar-refractivity contribution is 0.668. The molecule has 0 unspecified atom stereocenters. The highest BCUT2D eigenvalue weighted by atomic mass is 16.3. The van der Waals surface area contributed by atoms with E-state index < -0.39 is 0 Å². The Balaban J connectivity index is 0.922. The predicted octanol–water partition coefficient (Wildman–Crippen LogP) is 15.9. The molecule has 3 aromatic heterocycles. The van der Waals surface area contributed by atoms with E-state index in [4.69, 9.17) is 18.8 Å². The Labute approximate surface area is 358 Å². The molecule has 0 atom stereocenters. The van der Waals surface area contributed by atoms with Crippen molar-refractivity contribution in [2.75, 3.05) is 0 Å². The first kappa shape index (κ1) is 35.6. The summed E-state index contributed by atoms with van der Waals surface area (Å²) in [6, 6.07) is 76.1. The maximum Gasteiger partial charge on any atom is 0.160 e. The van der Waals surface area contributed by atoms with Crippen molar-refractivity contribution in [3.8, 4) is 78.4 Å². The number of benzene rings is 9. The summed E-state index contributed by atoms with van der Waals surface area (Å²) in [4.78, 5) is 10.3. The first-order valence-electron chi connectivity index (χ1n) is 20.9. The van der Waals surface area contributed by atoms with Crippen molar-refractivity contribution in [1.29, 1.82) is 0 Å². The molecule has 0 aliphatic carbocycles. The highest BCUT2D eigenvalue weighted by Gasteiger charge is 2.21. The number of hydrogen-bond donors (Lipinski definition) is 0. The lowest BCUT2D eigenvalue weighted by Crippen LogP contribution is -1.96. The quantitative estimate of drug-likeness (QED) is 0.161. The van der Waals surface area contributed by atoms with Gasteiger partial charge in [0.1, 0.15) is 22.3 Å². The van der Waals surface area contributed by atoms with Crippen LogP contribution in [0.5, 0.6) is 0 Å². The fourth-order valence-corrected chi connectivity index (χ4v) is 8.88. The van der Waals surface area contributed by atoms with Gasteiger partial charge in [-0.25, -0.2) is 9.97 Å². The van der Waals surface area contributed by atoms with Crippen LogP contribution in [0, 0.1) is 0 Å². The van der Waals surface area contributed by atoms with E-state index in [2.05, 4.69) is 164 Å². The first-order chi connectivity index (χ1) is 30.7. The van der Waals surface area contributed by atoms with Crippen molar-refractivity contribution in [3.63, 3.8) is 0 Å². The van der Waals surface area contributed by atoms with Gasteiger partial charge in [0.05, 0.1) is 11.4 Å². The second-order valence-electron chi connectivity index (χ2n) is 15.7. The Bertz CT molecular complexity index is 3590. The van der Waals surface area contributed by atoms with Gasteiger partial charge in [0.25, 0.3) is 0 Å². The van der Waals surface area contributed by atoms with Gasteiger partial charge in [-0.3, -0.25) is 0 Å². The number of nitrogens with zero attached hydrogens (tertiary/aromatic N) is 2. The van der Waals surface area contributed by atoms with Crippen LogP contribution in [0.3, 0.4) is 0 Å². The minimum Gasteiger partial charge on any atom is -0.456 e. The van der Waals surface area contributed by atoms with Crippen LogP contribution in [-0.2, 0) is 0 Å². The van der Waals surface area contributed by atoms with E-state index in [0.29, 0.717) is 5.82 Å². The predicted molar refractivity (Wildman–Crippen MR) is 255 cm³/mol. The Morgan fingerprint density at radius 1 is 0.274 bits per heavy atom. The molecule has 0 amide bonds. The summed E-state index contributed by atoms with van der Waals surface area (Å²) in [6.45, 7) is 0. The standard InChI is InChI=1S/C58H36N2O2/c1-3-12-37(13-4-1)38-22-24-39(25-23-38)40-26-32-44(33-27-40)58-59-50(42-14-5-2-6-15-42)36-51(60-58)43-30-28-41(29-31-43)45-34-35-47(56-49-17-8-10-20-53(49)62-57(45)56)46-18-11-21-54-55(46)48-16-7-9-19-52(48)61-54/h1-36H. The Morgan fingerprint density at radius 2 is 0.710 bits per heavy atom. The molecular formula is C58H36N2O2. The van der Waals surface area contributed by atoms with Crippen molar-refractivity contribution in [3.05, 3.63) is 218 Å². The summed E-state index contributed by atoms with van der Waals surface area (Å²) >= 11 is 0. The Kier molecular flexibility index (Phi) is 8.46. The lowest BCUT2D eigenvalue weighted by Gasteiger charge is -2.12. The highest BCUT2D eigenvalue weighted by Crippen LogP contribution is 2.45. The second-order valence-corrected chi connectivity index (χ2v) is 15.7. The van der Waals surface area contributed by atoms with Crippen molar-refractivity contribution >= 4 is 43.9 Å². The van der Waals surface area contributed by atoms with Gasteiger partial charge >= 0.3 is 0 Å². The third kappa shape index (κ3) is 6.16. The molecule has 12 rings (SSSR count). The van der Waals surface area contributed by atoms with Crippen molar-refractivity contribution in [2.45, 2.75) is 0 Å². The van der Waals surface area contributed by atoms with Crippen LogP contribution in [0.15, 0.2) is 227 Å². The monoisotopic (exact) mass is 792 g/mol. The maximum absolute atomic E-state index is 6.74. The molecular weight excluding hydrogens is 757 g/mol. The number of para-hydroxylation sites is 2. The SMILES string of the molecule is c1ccc(-c2ccc(-c3ccc(-c4nc(-c5ccccc5)cc(-c5ccc(-c6ccc(-c7cccc8oc9ccccc9c78)c7c6oc6ccccc67)cc5)n4)cc3)cc2)cc1. The zero-order valence-electron chi connectivity index (χ0n) is 33.5. The van der Waals surface area contributed by atoms with E-state index in [0.717, 1.165) is 105 Å². The Morgan fingerprint density at radius 3 is 1.35 bits per heavy atom. The van der Waals surface area contributed by atoms with Gasteiger partial charge in [0.15, 0.2) is 5.82 Å². The molecule has 0 saturated carbocycles. The van der Waals surface area contributed by atoms with Crippen molar-refractivity contribution in [2.24, 2.45) is 0 Å². The van der Waals surface area contributed by atoms with Gasteiger partial charge in [-0.2, -0.15) is 0 Å². The van der Waals surface area contributed by atoms with Crippen LogP contribution in [0.1, 0.15) is 0 Å². The molecule has 0 saturated heterocycles. The van der Waals surface area contributed by atoms with Crippen LogP contribution in [0.25, 0.3) is 122 Å². The van der Waals surface area contributed by atoms with Gasteiger partial charge in [0, 0.05) is 43.8 Å². The largest absolute Gasteiger partial charge is 0.456 e. The molecule has 0 aliphatic heterocycles. The van der Waals surface area contributed by atoms with Crippen LogP contribution >= 0.6 is 0 Å². The molecule has 4 nitrogen and oxygen atoms in total. The minimum atomic E-state index is 0.677. The normalized spacial score (nSPS) is 11.5. The van der Waals surface area contributed by atoms with Crippen LogP contribution in [0.2, 0.25) is 0 Å². The maximum atomic E-state index is 6.74. The summed E-state index contributed by atoms with van der Waals surface area (Å²) in [7, 11) is 0. The Hall–Kier alpha value is -8.34. The zero-order valence-corrected chi connectivity index (χ0v) is 33.5. The molecule has 4 heteroatoms. The van der Waals surface area contributed by atoms with Gasteiger partial charge in [0.2, 0.25) is 0 Å². The molecule has 0 aliphatic rings. The van der Waals surface area contributed by atoms with E-state index in [1.807, 2.05) is 54.6 Å². The fourth-order valence-electron chi connectivity index (χ4n) is 8.88. The number of hydrogen-bond acceptors (Lipinski definition) is 4. The van der Waals surface area contributed by atoms with E-state index in [1.54, 1.807) is 0 Å². The highest BCUT2D eigenvalue weighted by molar-refractivity contribution is 6.21. The topological polar surface area (TPSA) is 52.1 Å². The van der Waals surface area contributed by atoms with E-state index in [1.165, 1.54) is 11.1 Å². The summed E-state index contributed by atoms with van der Waals surface area (Å²) in [6.07, 6.45) is 0. The third-order valence-electron chi connectivity index (χ3n) is 12.0. The average molecular weight is 793 g/mol. The average Bonchev–Trinajstić information content (AvgIpc) is 3.94. The van der Waals surface area contributed by atoms with Gasteiger partial charge in [-0.05, 0) is 69.3 Å². The summed E-state index contributed by atoms with van der Waals surface area (Å²) < 4.78 is 13.0. The molecule has 9 aromatic carbocycles. The van der Waals surface area contributed by atoms with E-state index in [-0.39, 0.29) is 0 Å². The smallest absolute Gasteiger partial charge is 0.160 e. The third-order valence-corrected chi connectivity index (χ3v) is 12.0. The molecule has 3 heterocycles.